The third-order valence-electron chi connectivity index (χ3n) is 0.750. The maximum atomic E-state index is 3.76. The Morgan fingerprint density at radius 3 is 1.17 bits per heavy atom. The first-order valence-electron chi connectivity index (χ1n) is 3.85. The van der Waals surface area contributed by atoms with E-state index in [1.165, 1.54) is 5.92 Å². The van der Waals surface area contributed by atoms with E-state index in [0.717, 1.165) is 6.42 Å². The van der Waals surface area contributed by atoms with Gasteiger partial charge in [0.25, 0.3) is 0 Å². The maximum absolute atomic E-state index is 3.76. The minimum Gasteiger partial charge on any atom is -0.343 e. The fourth-order valence-electron chi connectivity index (χ4n) is 0. The smallest absolute Gasteiger partial charge is 0 e. The van der Waals surface area contributed by atoms with Gasteiger partial charge in [-0.1, -0.05) is 26.2 Å². The van der Waals surface area contributed by atoms with Gasteiger partial charge < -0.3 is 12.8 Å². The summed E-state index contributed by atoms with van der Waals surface area (Å²) in [6.45, 7) is 16.5. The molecule has 0 rings (SSSR count). The molecule has 2 heteroatoms. The monoisotopic (exact) mass is 415 g/mol. The first-order valence-corrected chi connectivity index (χ1v) is 3.85. The molecule has 0 aliphatic rings. The standard InChI is InChI=1S/C6H13.C4H9.W.Y/c1-5-6(2,3)4;1-4(2)3;;/h1,5H2,2-4H3;1-3H3;;/q2*-1;;. The van der Waals surface area contributed by atoms with Gasteiger partial charge in [-0.2, -0.15) is 27.2 Å². The zero-order valence-corrected chi connectivity index (χ0v) is 15.2. The molecule has 0 nitrogen and oxygen atoms in total. The summed E-state index contributed by atoms with van der Waals surface area (Å²) in [5, 5.41) is 0. The molecule has 0 spiro atoms. The van der Waals surface area contributed by atoms with Crippen LogP contribution in [0.15, 0.2) is 0 Å². The molecular formula is C10H22WY-2. The minimum atomic E-state index is 0. The maximum Gasteiger partial charge on any atom is 0 e. The van der Waals surface area contributed by atoms with E-state index in [1.54, 1.807) is 0 Å². The Balaban J connectivity index is -0.0000000483. The minimum absolute atomic E-state index is 0. The molecule has 0 heterocycles. The van der Waals surface area contributed by atoms with Crippen molar-refractivity contribution in [2.24, 2.45) is 5.41 Å². The van der Waals surface area contributed by atoms with Crippen LogP contribution in [0.4, 0.5) is 0 Å². The molecule has 0 aliphatic carbocycles. The Bertz CT molecular complexity index is 62.0. The zero-order valence-electron chi connectivity index (χ0n) is 9.40. The molecule has 0 aromatic carbocycles. The van der Waals surface area contributed by atoms with E-state index in [1.807, 2.05) is 0 Å². The Morgan fingerprint density at radius 1 is 1.08 bits per heavy atom. The average molecular weight is 415 g/mol. The molecule has 0 atom stereocenters. The summed E-state index contributed by atoms with van der Waals surface area (Å²) in [5.41, 5.74) is 0.431. The van der Waals surface area contributed by atoms with E-state index in [-0.39, 0.29) is 53.8 Å². The summed E-state index contributed by atoms with van der Waals surface area (Å²) in [7, 11) is 0. The van der Waals surface area contributed by atoms with Crippen molar-refractivity contribution in [2.75, 3.05) is 0 Å². The zero-order chi connectivity index (χ0) is 8.78. The summed E-state index contributed by atoms with van der Waals surface area (Å²) in [6, 6.07) is 0. The summed E-state index contributed by atoms with van der Waals surface area (Å²) in [5.74, 6) is 1.42. The molecule has 0 unspecified atom stereocenters. The molecule has 0 N–H and O–H groups in total. The van der Waals surface area contributed by atoms with Crippen molar-refractivity contribution in [1.82, 2.24) is 0 Å². The molecular weight excluding hydrogens is 393 g/mol. The van der Waals surface area contributed by atoms with Gasteiger partial charge in [-0.25, -0.2) is 0 Å². The molecule has 0 aromatic rings. The van der Waals surface area contributed by atoms with Gasteiger partial charge in [0.2, 0.25) is 0 Å². The van der Waals surface area contributed by atoms with Gasteiger partial charge >= 0.3 is 0 Å². The second-order valence-electron chi connectivity index (χ2n) is 4.31. The van der Waals surface area contributed by atoms with Gasteiger partial charge in [0.1, 0.15) is 0 Å². The van der Waals surface area contributed by atoms with Crippen LogP contribution in [-0.4, -0.2) is 0 Å². The molecule has 0 amide bonds. The SMILES string of the molecule is C[C-](C)C.[CH2-]CC(C)(C)C.[W].[Y]. The number of rotatable bonds is 0. The fraction of sp³-hybridized carbons (Fsp3) is 0.800. The van der Waals surface area contributed by atoms with Gasteiger partial charge in [-0.15, -0.1) is 0 Å². The van der Waals surface area contributed by atoms with Gasteiger partial charge in [-0.3, -0.25) is 0 Å². The summed E-state index contributed by atoms with van der Waals surface area (Å²) >= 11 is 0. The first-order chi connectivity index (χ1) is 4.29. The van der Waals surface area contributed by atoms with Crippen molar-refractivity contribution < 1.29 is 53.8 Å². The second-order valence-corrected chi connectivity index (χ2v) is 4.31. The van der Waals surface area contributed by atoms with Crippen molar-refractivity contribution in [3.63, 3.8) is 0 Å². The molecule has 0 saturated heterocycles. The molecule has 73 valence electrons. The van der Waals surface area contributed by atoms with Crippen LogP contribution in [0.3, 0.4) is 0 Å². The van der Waals surface area contributed by atoms with Crippen LogP contribution in [0.5, 0.6) is 0 Å². The Morgan fingerprint density at radius 2 is 1.17 bits per heavy atom. The molecule has 0 aliphatic heterocycles. The van der Waals surface area contributed by atoms with Crippen LogP contribution in [0.25, 0.3) is 0 Å². The molecule has 0 fully saturated rings. The van der Waals surface area contributed by atoms with Crippen LogP contribution in [0, 0.1) is 18.3 Å². The molecule has 0 saturated carbocycles. The Hall–Kier alpha value is 1.79. The number of hydrogen-bond acceptors (Lipinski definition) is 0. The van der Waals surface area contributed by atoms with Crippen molar-refractivity contribution in [2.45, 2.75) is 48.0 Å². The van der Waals surface area contributed by atoms with Gasteiger partial charge in [0, 0.05) is 53.8 Å². The van der Waals surface area contributed by atoms with E-state index in [9.17, 15) is 0 Å². The Kier molecular flexibility index (Phi) is 25.1. The van der Waals surface area contributed by atoms with Crippen molar-refractivity contribution >= 4 is 0 Å². The van der Waals surface area contributed by atoms with E-state index >= 15 is 0 Å². The number of hydrogen-bond donors (Lipinski definition) is 0. The second kappa shape index (κ2) is 12.8. The molecule has 0 bridgehead atoms. The van der Waals surface area contributed by atoms with Gasteiger partial charge in [-0.05, 0) is 0 Å². The van der Waals surface area contributed by atoms with Gasteiger partial charge in [0.05, 0.1) is 0 Å². The quantitative estimate of drug-likeness (QED) is 0.528. The summed E-state index contributed by atoms with van der Waals surface area (Å²) in [4.78, 5) is 0. The molecule has 0 aromatic heterocycles. The fourth-order valence-corrected chi connectivity index (χ4v) is 0. The van der Waals surface area contributed by atoms with Crippen molar-refractivity contribution in [1.29, 1.82) is 0 Å². The van der Waals surface area contributed by atoms with Crippen molar-refractivity contribution in [3.05, 3.63) is 12.8 Å². The van der Waals surface area contributed by atoms with Crippen LogP contribution in [0.1, 0.15) is 48.0 Å². The third-order valence-corrected chi connectivity index (χ3v) is 0.750. The molecule has 12 heavy (non-hydrogen) atoms. The summed E-state index contributed by atoms with van der Waals surface area (Å²) < 4.78 is 0. The largest absolute Gasteiger partial charge is 0.343 e. The van der Waals surface area contributed by atoms with Crippen molar-refractivity contribution in [3.8, 4) is 0 Å². The van der Waals surface area contributed by atoms with Crippen LogP contribution in [0.2, 0.25) is 0 Å². The Labute approximate surface area is 119 Å². The predicted octanol–water partition coefficient (Wildman–Crippen LogP) is 3.87. The van der Waals surface area contributed by atoms with Crippen LogP contribution < -0.4 is 0 Å². The van der Waals surface area contributed by atoms with E-state index in [4.69, 9.17) is 0 Å². The van der Waals surface area contributed by atoms with Crippen LogP contribution in [-0.2, 0) is 53.8 Å². The van der Waals surface area contributed by atoms with Crippen LogP contribution >= 0.6 is 0 Å². The third kappa shape index (κ3) is 59.8. The first kappa shape index (κ1) is 23.5. The molecule has 1 radical (unpaired) electrons. The topological polar surface area (TPSA) is 0 Å². The van der Waals surface area contributed by atoms with Gasteiger partial charge in [0.15, 0.2) is 0 Å². The summed E-state index contributed by atoms with van der Waals surface area (Å²) in [6.07, 6.45) is 1.02. The normalized spacial score (nSPS) is 9.00. The average Bonchev–Trinajstić information content (AvgIpc) is 1.63. The van der Waals surface area contributed by atoms with E-state index < -0.39 is 0 Å². The van der Waals surface area contributed by atoms with E-state index in [2.05, 4.69) is 48.5 Å². The predicted molar refractivity (Wildman–Crippen MR) is 49.7 cm³/mol. The van der Waals surface area contributed by atoms with E-state index in [0.29, 0.717) is 5.41 Å².